The number of allylic oxidation sites excluding steroid dienone is 3. The standard InChI is InChI=1S/C22H25F3N2O2S.C9H16O3/c1-14(2)11-12-30(28,29)27-13-18(15(3)4)21-20(27)10-9-19(26-21)16-5-7-17(8-6-16)22(23,24)25;1-4-6-8(3)12-7-9(10)11-5-2/h5-11,15,18H,12-13H2,1-4H3;6H,4-5,7H2,1-3H3/b;8-6+. The summed E-state index contributed by atoms with van der Waals surface area (Å²) in [5.41, 5.74) is 2.50. The molecule has 1 aromatic carbocycles. The van der Waals surface area contributed by atoms with Crippen molar-refractivity contribution in [1.82, 2.24) is 4.98 Å². The number of hydrogen-bond donors (Lipinski definition) is 0. The molecule has 0 amide bonds. The number of fused-ring (bicyclic) bond motifs is 1. The number of alkyl halides is 3. The number of aromatic nitrogens is 1. The Morgan fingerprint density at radius 2 is 1.69 bits per heavy atom. The highest BCUT2D eigenvalue weighted by atomic mass is 32.2. The summed E-state index contributed by atoms with van der Waals surface area (Å²) in [7, 11) is -3.54. The van der Waals surface area contributed by atoms with Gasteiger partial charge in [-0.05, 0) is 70.4 Å². The number of benzene rings is 1. The smallest absolute Gasteiger partial charge is 0.416 e. The van der Waals surface area contributed by atoms with Gasteiger partial charge >= 0.3 is 12.1 Å². The molecule has 11 heteroatoms. The lowest BCUT2D eigenvalue weighted by Crippen LogP contribution is -2.32. The Hall–Kier alpha value is -3.34. The third kappa shape index (κ3) is 9.89. The summed E-state index contributed by atoms with van der Waals surface area (Å²) in [6.07, 6.45) is 0.113. The topological polar surface area (TPSA) is 85.8 Å². The number of esters is 1. The van der Waals surface area contributed by atoms with Gasteiger partial charge in [0.25, 0.3) is 0 Å². The SMILES string of the molecule is CC(C)=CCS(=O)(=O)N1CC(C(C)C)c2nc(-c3ccc(C(F)(F)F)cc3)ccc21.CC/C=C(\C)OCC(=O)OCC. The van der Waals surface area contributed by atoms with Crippen molar-refractivity contribution in [3.8, 4) is 11.3 Å². The summed E-state index contributed by atoms with van der Waals surface area (Å²) < 4.78 is 75.5. The fourth-order valence-corrected chi connectivity index (χ4v) is 5.74. The number of carbonyl (C=O) groups is 1. The van der Waals surface area contributed by atoms with E-state index >= 15 is 0 Å². The van der Waals surface area contributed by atoms with Crippen molar-refractivity contribution in [2.45, 2.75) is 67.0 Å². The summed E-state index contributed by atoms with van der Waals surface area (Å²) in [6, 6.07) is 8.20. The first kappa shape index (κ1) is 34.9. The predicted molar refractivity (Wildman–Crippen MR) is 159 cm³/mol. The second-order valence-corrected chi connectivity index (χ2v) is 12.4. The van der Waals surface area contributed by atoms with E-state index in [1.54, 1.807) is 25.1 Å². The fourth-order valence-electron chi connectivity index (χ4n) is 4.18. The molecule has 2 heterocycles. The quantitative estimate of drug-likeness (QED) is 0.157. The molecule has 0 aliphatic carbocycles. The summed E-state index contributed by atoms with van der Waals surface area (Å²) in [4.78, 5) is 15.5. The van der Waals surface area contributed by atoms with Crippen molar-refractivity contribution in [3.63, 3.8) is 0 Å². The van der Waals surface area contributed by atoms with Gasteiger partial charge in [-0.1, -0.05) is 44.6 Å². The molecule has 0 saturated carbocycles. The average Bonchev–Trinajstić information content (AvgIpc) is 3.31. The van der Waals surface area contributed by atoms with Crippen LogP contribution in [0.2, 0.25) is 0 Å². The predicted octanol–water partition coefficient (Wildman–Crippen LogP) is 7.50. The normalized spacial score (nSPS) is 15.1. The minimum atomic E-state index is -4.40. The van der Waals surface area contributed by atoms with Crippen molar-refractivity contribution >= 4 is 21.7 Å². The number of halogens is 3. The van der Waals surface area contributed by atoms with Crippen molar-refractivity contribution in [2.24, 2.45) is 5.92 Å². The molecule has 232 valence electrons. The highest BCUT2D eigenvalue weighted by Crippen LogP contribution is 2.42. The zero-order valence-electron chi connectivity index (χ0n) is 25.3. The number of nitrogens with zero attached hydrogens (tertiary/aromatic N) is 2. The van der Waals surface area contributed by atoms with Crippen LogP contribution in [0.3, 0.4) is 0 Å². The van der Waals surface area contributed by atoms with E-state index in [1.807, 2.05) is 47.6 Å². The molecule has 42 heavy (non-hydrogen) atoms. The van der Waals surface area contributed by atoms with E-state index in [1.165, 1.54) is 16.4 Å². The van der Waals surface area contributed by atoms with Gasteiger partial charge in [-0.25, -0.2) is 13.2 Å². The summed E-state index contributed by atoms with van der Waals surface area (Å²) in [6.45, 7) is 14.0. The van der Waals surface area contributed by atoms with Gasteiger partial charge in [0.2, 0.25) is 10.0 Å². The minimum Gasteiger partial charge on any atom is -0.487 e. The lowest BCUT2D eigenvalue weighted by Gasteiger charge is -2.20. The highest BCUT2D eigenvalue weighted by molar-refractivity contribution is 7.92. The second-order valence-electron chi connectivity index (χ2n) is 10.4. The molecule has 1 aliphatic rings. The molecule has 0 bridgehead atoms. The molecule has 1 aliphatic heterocycles. The van der Waals surface area contributed by atoms with Crippen molar-refractivity contribution in [1.29, 1.82) is 0 Å². The molecule has 7 nitrogen and oxygen atoms in total. The molecule has 0 radical (unpaired) electrons. The zero-order chi connectivity index (χ0) is 31.7. The average molecular weight is 611 g/mol. The monoisotopic (exact) mass is 610 g/mol. The van der Waals surface area contributed by atoms with E-state index in [0.717, 1.165) is 29.9 Å². The van der Waals surface area contributed by atoms with Gasteiger partial charge < -0.3 is 9.47 Å². The molecule has 3 rings (SSSR count). The largest absolute Gasteiger partial charge is 0.487 e. The van der Waals surface area contributed by atoms with E-state index in [0.29, 0.717) is 35.8 Å². The van der Waals surface area contributed by atoms with Gasteiger partial charge in [-0.2, -0.15) is 13.2 Å². The Balaban J connectivity index is 0.000000435. The van der Waals surface area contributed by atoms with Gasteiger partial charge in [-0.15, -0.1) is 0 Å². The number of pyridine rings is 1. The number of rotatable bonds is 10. The summed E-state index contributed by atoms with van der Waals surface area (Å²) in [5, 5.41) is 0. The molecular formula is C31H41F3N2O5S. The molecule has 0 spiro atoms. The Kier molecular flexibility index (Phi) is 12.6. The van der Waals surface area contributed by atoms with Crippen LogP contribution in [0, 0.1) is 5.92 Å². The number of ether oxygens (including phenoxy) is 2. The first-order valence-corrected chi connectivity index (χ1v) is 15.5. The molecule has 1 atom stereocenters. The molecule has 2 aromatic rings. The Labute approximate surface area is 247 Å². The summed E-state index contributed by atoms with van der Waals surface area (Å²) in [5.74, 6) is 0.436. The number of carbonyl (C=O) groups excluding carboxylic acids is 1. The number of sulfonamides is 1. The molecular weight excluding hydrogens is 569 g/mol. The van der Waals surface area contributed by atoms with Gasteiger partial charge in [0.15, 0.2) is 6.61 Å². The lowest BCUT2D eigenvalue weighted by molar-refractivity contribution is -0.147. The van der Waals surface area contributed by atoms with E-state index in [2.05, 4.69) is 9.72 Å². The van der Waals surface area contributed by atoms with Crippen molar-refractivity contribution in [2.75, 3.05) is 29.8 Å². The van der Waals surface area contributed by atoms with E-state index in [-0.39, 0.29) is 30.2 Å². The Bertz CT molecular complexity index is 1360. The Morgan fingerprint density at radius 3 is 2.21 bits per heavy atom. The van der Waals surface area contributed by atoms with Crippen LogP contribution < -0.4 is 4.31 Å². The number of anilines is 1. The van der Waals surface area contributed by atoms with E-state index in [9.17, 15) is 26.4 Å². The summed E-state index contributed by atoms with van der Waals surface area (Å²) >= 11 is 0. The molecule has 1 aromatic heterocycles. The molecule has 0 fully saturated rings. The van der Waals surface area contributed by atoms with Crippen LogP contribution in [0.4, 0.5) is 18.9 Å². The van der Waals surface area contributed by atoms with Crippen LogP contribution in [0.15, 0.2) is 59.9 Å². The number of hydrogen-bond acceptors (Lipinski definition) is 6. The van der Waals surface area contributed by atoms with Crippen LogP contribution in [-0.4, -0.2) is 44.9 Å². The maximum Gasteiger partial charge on any atom is 0.416 e. The van der Waals surface area contributed by atoms with Crippen LogP contribution in [0.25, 0.3) is 11.3 Å². The van der Waals surface area contributed by atoms with E-state index in [4.69, 9.17) is 4.74 Å². The maximum absolute atomic E-state index is 12.9. The van der Waals surface area contributed by atoms with Crippen molar-refractivity contribution < 1.29 is 35.9 Å². The van der Waals surface area contributed by atoms with Gasteiger partial charge in [-0.3, -0.25) is 9.29 Å². The first-order chi connectivity index (χ1) is 19.6. The third-order valence-electron chi connectivity index (χ3n) is 6.45. The highest BCUT2D eigenvalue weighted by Gasteiger charge is 2.38. The minimum absolute atomic E-state index is 0.0101. The zero-order valence-corrected chi connectivity index (χ0v) is 26.1. The first-order valence-electron chi connectivity index (χ1n) is 13.9. The third-order valence-corrected chi connectivity index (χ3v) is 8.06. The van der Waals surface area contributed by atoms with Crippen LogP contribution in [-0.2, 0) is 30.5 Å². The lowest BCUT2D eigenvalue weighted by atomic mass is 9.93. The second kappa shape index (κ2) is 15.2. The van der Waals surface area contributed by atoms with Gasteiger partial charge in [0, 0.05) is 18.0 Å². The maximum atomic E-state index is 12.9. The molecule has 0 saturated heterocycles. The molecule has 1 unspecified atom stereocenters. The van der Waals surface area contributed by atoms with Crippen molar-refractivity contribution in [3.05, 3.63) is 71.1 Å². The fraction of sp³-hybridized carbons (Fsp3) is 0.484. The van der Waals surface area contributed by atoms with Crippen LogP contribution >= 0.6 is 0 Å². The van der Waals surface area contributed by atoms with Crippen LogP contribution in [0.5, 0.6) is 0 Å². The van der Waals surface area contributed by atoms with Gasteiger partial charge in [0.05, 0.1) is 40.8 Å². The van der Waals surface area contributed by atoms with E-state index < -0.39 is 21.8 Å². The Morgan fingerprint density at radius 1 is 1.05 bits per heavy atom. The molecule has 0 N–H and O–H groups in total. The van der Waals surface area contributed by atoms with Gasteiger partial charge in [0.1, 0.15) is 0 Å². The van der Waals surface area contributed by atoms with Crippen LogP contribution in [0.1, 0.15) is 72.1 Å².